The fourth-order valence-electron chi connectivity index (χ4n) is 9.97. The van der Waals surface area contributed by atoms with Gasteiger partial charge < -0.3 is 4.57 Å². The van der Waals surface area contributed by atoms with Crippen LogP contribution in [0.3, 0.4) is 0 Å². The first-order valence-corrected chi connectivity index (χ1v) is 22.4. The van der Waals surface area contributed by atoms with Gasteiger partial charge in [0.05, 0.1) is 27.8 Å². The van der Waals surface area contributed by atoms with Crippen LogP contribution in [0.2, 0.25) is 0 Å². The summed E-state index contributed by atoms with van der Waals surface area (Å²) < 4.78 is 4.65. The Hall–Kier alpha value is -8.93. The molecule has 0 aliphatic heterocycles. The minimum Gasteiger partial charge on any atom is -0.309 e. The second kappa shape index (κ2) is 15.4. The number of nitrogens with zero attached hydrogens (tertiary/aromatic N) is 5. The lowest BCUT2D eigenvalue weighted by molar-refractivity contribution is 0.953. The van der Waals surface area contributed by atoms with Gasteiger partial charge in [-0.1, -0.05) is 194 Å². The highest BCUT2D eigenvalue weighted by molar-refractivity contribution is 6.14. The first-order valence-electron chi connectivity index (χ1n) is 22.4. The maximum absolute atomic E-state index is 5.56. The number of benzene rings is 10. The Bertz CT molecular complexity index is 3930. The van der Waals surface area contributed by atoms with E-state index in [1.807, 2.05) is 18.2 Å². The number of hydrogen-bond donors (Lipinski definition) is 0. The third-order valence-electron chi connectivity index (χ3n) is 13.0. The van der Waals surface area contributed by atoms with E-state index in [-0.39, 0.29) is 0 Å². The molecule has 0 amide bonds. The van der Waals surface area contributed by atoms with Crippen molar-refractivity contribution >= 4 is 54.4 Å². The van der Waals surface area contributed by atoms with Gasteiger partial charge in [0, 0.05) is 38.2 Å². The van der Waals surface area contributed by atoms with Crippen LogP contribution in [0.15, 0.2) is 237 Å². The number of fused-ring (bicyclic) bond motifs is 7. The van der Waals surface area contributed by atoms with Crippen molar-refractivity contribution in [1.82, 2.24) is 24.1 Å². The summed E-state index contributed by atoms with van der Waals surface area (Å²) in [6.07, 6.45) is 0. The lowest BCUT2D eigenvalue weighted by Crippen LogP contribution is -2.07. The molecular formula is C61H39N5. The Morgan fingerprint density at radius 1 is 0.258 bits per heavy atom. The van der Waals surface area contributed by atoms with Crippen molar-refractivity contribution in [3.63, 3.8) is 0 Å². The summed E-state index contributed by atoms with van der Waals surface area (Å²) in [4.78, 5) is 16.3. The Morgan fingerprint density at radius 3 is 1.36 bits per heavy atom. The van der Waals surface area contributed by atoms with Crippen molar-refractivity contribution < 1.29 is 0 Å². The lowest BCUT2D eigenvalue weighted by atomic mass is 9.88. The first kappa shape index (κ1) is 37.6. The summed E-state index contributed by atoms with van der Waals surface area (Å²) >= 11 is 0. The molecule has 3 aromatic heterocycles. The molecule has 13 aromatic rings. The van der Waals surface area contributed by atoms with E-state index < -0.39 is 0 Å². The average molecular weight is 842 g/mol. The monoisotopic (exact) mass is 841 g/mol. The van der Waals surface area contributed by atoms with Gasteiger partial charge in [-0.05, 0) is 81.1 Å². The van der Waals surface area contributed by atoms with Gasteiger partial charge in [0.1, 0.15) is 0 Å². The molecule has 5 heteroatoms. The van der Waals surface area contributed by atoms with Gasteiger partial charge in [-0.2, -0.15) is 9.97 Å². The van der Waals surface area contributed by atoms with Crippen LogP contribution in [0, 0.1) is 0 Å². The summed E-state index contributed by atoms with van der Waals surface area (Å²) in [5.74, 6) is 1.73. The SMILES string of the molecule is c1ccc(-c2nc(-c3cc(-c4ccccc4)c(-n4c5ccccc5c5cc6ccccc6cc54)cc3-c3ccccc3-c3ccccc3)nc(-n3c4ccccc4c4ccccc43)n2)cc1. The highest BCUT2D eigenvalue weighted by Gasteiger charge is 2.25. The lowest BCUT2D eigenvalue weighted by Gasteiger charge is -2.21. The molecule has 0 N–H and O–H groups in total. The zero-order valence-corrected chi connectivity index (χ0v) is 35.8. The van der Waals surface area contributed by atoms with E-state index in [0.717, 1.165) is 83.0 Å². The van der Waals surface area contributed by atoms with Gasteiger partial charge in [-0.15, -0.1) is 0 Å². The fraction of sp³-hybridized carbons (Fsp3) is 0. The van der Waals surface area contributed by atoms with Crippen LogP contribution >= 0.6 is 0 Å². The molecule has 0 aliphatic rings. The van der Waals surface area contributed by atoms with Crippen LogP contribution in [-0.2, 0) is 0 Å². The van der Waals surface area contributed by atoms with Crippen molar-refractivity contribution in [1.29, 1.82) is 0 Å². The maximum Gasteiger partial charge on any atom is 0.238 e. The van der Waals surface area contributed by atoms with E-state index in [1.54, 1.807) is 0 Å². The fourth-order valence-corrected chi connectivity index (χ4v) is 9.97. The zero-order chi connectivity index (χ0) is 43.6. The summed E-state index contributed by atoms with van der Waals surface area (Å²) in [5.41, 5.74) is 13.7. The molecular weight excluding hydrogens is 803 g/mol. The standard InChI is InChI=1S/C61H39N5/c1-4-20-40(21-5-1)45-28-12-13-29-46(45)51-39-58(65-54-33-17-16-32-49(54)52-36-43-26-10-11-27-44(43)37-57(52)65)50(41-22-6-2-7-23-41)38-53(51)60-62-59(42-24-8-3-9-25-42)63-61(64-60)66-55-34-18-14-30-47(55)48-31-15-19-35-56(48)66/h1-39H. The van der Waals surface area contributed by atoms with Gasteiger partial charge in [0.15, 0.2) is 11.6 Å². The van der Waals surface area contributed by atoms with Crippen LogP contribution in [-0.4, -0.2) is 24.1 Å². The van der Waals surface area contributed by atoms with Crippen molar-refractivity contribution in [3.8, 4) is 67.8 Å². The summed E-state index contributed by atoms with van der Waals surface area (Å²) in [6.45, 7) is 0. The minimum atomic E-state index is 0.554. The molecule has 0 fully saturated rings. The predicted molar refractivity (Wildman–Crippen MR) is 273 cm³/mol. The summed E-state index contributed by atoms with van der Waals surface area (Å²) in [6, 6.07) is 84.2. The van der Waals surface area contributed by atoms with Crippen LogP contribution in [0.4, 0.5) is 0 Å². The first-order chi connectivity index (χ1) is 32.7. The van der Waals surface area contributed by atoms with Gasteiger partial charge in [-0.3, -0.25) is 4.57 Å². The van der Waals surface area contributed by atoms with Crippen molar-refractivity contribution in [2.75, 3.05) is 0 Å². The molecule has 3 heterocycles. The van der Waals surface area contributed by atoms with Crippen LogP contribution < -0.4 is 0 Å². The Labute approximate surface area is 381 Å². The molecule has 0 unspecified atom stereocenters. The Morgan fingerprint density at radius 2 is 0.727 bits per heavy atom. The molecule has 0 bridgehead atoms. The van der Waals surface area contributed by atoms with Crippen LogP contribution in [0.1, 0.15) is 0 Å². The van der Waals surface area contributed by atoms with E-state index in [4.69, 9.17) is 15.0 Å². The van der Waals surface area contributed by atoms with Gasteiger partial charge in [-0.25, -0.2) is 4.98 Å². The molecule has 66 heavy (non-hydrogen) atoms. The van der Waals surface area contributed by atoms with Crippen molar-refractivity contribution in [2.24, 2.45) is 0 Å². The highest BCUT2D eigenvalue weighted by Crippen LogP contribution is 2.45. The third-order valence-corrected chi connectivity index (χ3v) is 13.0. The summed E-state index contributed by atoms with van der Waals surface area (Å²) in [7, 11) is 0. The molecule has 0 spiro atoms. The van der Waals surface area contributed by atoms with Gasteiger partial charge >= 0.3 is 0 Å². The van der Waals surface area contributed by atoms with E-state index in [1.165, 1.54) is 21.5 Å². The maximum atomic E-state index is 5.56. The normalized spacial score (nSPS) is 11.6. The number of para-hydroxylation sites is 3. The van der Waals surface area contributed by atoms with E-state index in [2.05, 4.69) is 228 Å². The van der Waals surface area contributed by atoms with Crippen molar-refractivity contribution in [2.45, 2.75) is 0 Å². The molecule has 0 atom stereocenters. The zero-order valence-electron chi connectivity index (χ0n) is 35.8. The molecule has 0 aliphatic carbocycles. The second-order valence-corrected chi connectivity index (χ2v) is 16.8. The van der Waals surface area contributed by atoms with Gasteiger partial charge in [0.25, 0.3) is 0 Å². The van der Waals surface area contributed by atoms with E-state index >= 15 is 0 Å². The quantitative estimate of drug-likeness (QED) is 0.161. The Balaban J connectivity index is 1.18. The van der Waals surface area contributed by atoms with Crippen LogP contribution in [0.25, 0.3) is 122 Å². The molecule has 0 saturated heterocycles. The number of rotatable bonds is 7. The number of aromatic nitrogens is 5. The number of hydrogen-bond acceptors (Lipinski definition) is 3. The van der Waals surface area contributed by atoms with Crippen molar-refractivity contribution in [3.05, 3.63) is 237 Å². The van der Waals surface area contributed by atoms with E-state index in [9.17, 15) is 0 Å². The molecule has 0 saturated carbocycles. The molecule has 13 rings (SSSR count). The smallest absolute Gasteiger partial charge is 0.238 e. The largest absolute Gasteiger partial charge is 0.309 e. The molecule has 308 valence electrons. The second-order valence-electron chi connectivity index (χ2n) is 16.8. The molecule has 10 aromatic carbocycles. The highest BCUT2D eigenvalue weighted by atomic mass is 15.2. The Kier molecular flexibility index (Phi) is 8.78. The average Bonchev–Trinajstić information content (AvgIpc) is 3.90. The summed E-state index contributed by atoms with van der Waals surface area (Å²) in [5, 5.41) is 7.10. The topological polar surface area (TPSA) is 48.5 Å². The minimum absolute atomic E-state index is 0.554. The van der Waals surface area contributed by atoms with Gasteiger partial charge in [0.2, 0.25) is 5.95 Å². The molecule has 0 radical (unpaired) electrons. The van der Waals surface area contributed by atoms with Crippen LogP contribution in [0.5, 0.6) is 0 Å². The van der Waals surface area contributed by atoms with E-state index in [0.29, 0.717) is 17.6 Å². The molecule has 5 nitrogen and oxygen atoms in total. The third kappa shape index (κ3) is 6.13. The predicted octanol–water partition coefficient (Wildman–Crippen LogP) is 15.6.